The molecule has 32 heavy (non-hydrogen) atoms. The number of fused-ring (bicyclic) bond motifs is 2. The van der Waals surface area contributed by atoms with Gasteiger partial charge in [-0.2, -0.15) is 5.10 Å². The number of phenolic OH excluding ortho intramolecular Hbond substituents is 1. The maximum Gasteiger partial charge on any atom is 0.222 e. The van der Waals surface area contributed by atoms with Gasteiger partial charge in [0.15, 0.2) is 11.5 Å². The second-order valence-electron chi connectivity index (χ2n) is 7.67. The quantitative estimate of drug-likeness (QED) is 0.342. The van der Waals surface area contributed by atoms with Gasteiger partial charge in [-0.1, -0.05) is 18.2 Å². The minimum Gasteiger partial charge on any atom is -0.504 e. The van der Waals surface area contributed by atoms with Crippen LogP contribution in [0.1, 0.15) is 11.1 Å². The van der Waals surface area contributed by atoms with Crippen molar-refractivity contribution in [2.45, 2.75) is 13.8 Å². The Morgan fingerprint density at radius 3 is 2.72 bits per heavy atom. The van der Waals surface area contributed by atoms with E-state index in [1.165, 1.54) is 7.11 Å². The smallest absolute Gasteiger partial charge is 0.222 e. The minimum atomic E-state index is 0.0697. The van der Waals surface area contributed by atoms with Crippen LogP contribution in [0.4, 0.5) is 5.95 Å². The summed E-state index contributed by atoms with van der Waals surface area (Å²) in [5.41, 5.74) is 8.47. The number of anilines is 1. The van der Waals surface area contributed by atoms with Crippen LogP contribution in [0.2, 0.25) is 0 Å². The fraction of sp³-hybridized carbons (Fsp3) is 0.120. The number of benzene rings is 3. The highest BCUT2D eigenvalue weighted by Gasteiger charge is 2.12. The number of hydrogen-bond acceptors (Lipinski definition) is 6. The number of imidazole rings is 1. The van der Waals surface area contributed by atoms with Crippen molar-refractivity contribution in [1.82, 2.24) is 9.97 Å². The summed E-state index contributed by atoms with van der Waals surface area (Å²) in [7, 11) is 1.52. The van der Waals surface area contributed by atoms with E-state index in [0.717, 1.165) is 38.7 Å². The molecule has 0 amide bonds. The molecule has 5 aromatic rings. The zero-order valence-electron chi connectivity index (χ0n) is 17.9. The molecule has 3 aromatic carbocycles. The fourth-order valence-electron chi connectivity index (χ4n) is 3.81. The Hall–Kier alpha value is -4.26. The predicted molar refractivity (Wildman–Crippen MR) is 125 cm³/mol. The van der Waals surface area contributed by atoms with Crippen LogP contribution in [0.3, 0.4) is 0 Å². The number of aryl methyl sites for hydroxylation is 2. The number of para-hydroxylation sites is 2. The van der Waals surface area contributed by atoms with E-state index in [0.29, 0.717) is 22.8 Å². The van der Waals surface area contributed by atoms with E-state index >= 15 is 0 Å². The molecule has 0 aliphatic heterocycles. The lowest BCUT2D eigenvalue weighted by Gasteiger charge is -2.10. The average Bonchev–Trinajstić information content (AvgIpc) is 3.21. The van der Waals surface area contributed by atoms with Gasteiger partial charge in [0.2, 0.25) is 5.95 Å². The number of aromatic amines is 1. The van der Waals surface area contributed by atoms with Crippen molar-refractivity contribution in [3.8, 4) is 22.8 Å². The van der Waals surface area contributed by atoms with Crippen molar-refractivity contribution in [1.29, 1.82) is 0 Å². The summed E-state index contributed by atoms with van der Waals surface area (Å²) < 4.78 is 11.5. The number of methoxy groups -OCH3 is 1. The van der Waals surface area contributed by atoms with Crippen LogP contribution in [-0.4, -0.2) is 22.2 Å². The number of nitrogens with one attached hydrogen (secondary N) is 2. The van der Waals surface area contributed by atoms with E-state index in [1.807, 2.05) is 50.2 Å². The third kappa shape index (κ3) is 3.54. The number of H-pyrrole nitrogens is 1. The van der Waals surface area contributed by atoms with Gasteiger partial charge in [-0.25, -0.2) is 10.4 Å². The molecule has 5 rings (SSSR count). The van der Waals surface area contributed by atoms with Crippen molar-refractivity contribution in [3.63, 3.8) is 0 Å². The van der Waals surface area contributed by atoms with Crippen molar-refractivity contribution in [2.24, 2.45) is 5.10 Å². The molecular weight excluding hydrogens is 404 g/mol. The molecule has 0 aliphatic rings. The van der Waals surface area contributed by atoms with Crippen LogP contribution in [-0.2, 0) is 0 Å². The summed E-state index contributed by atoms with van der Waals surface area (Å²) >= 11 is 0. The minimum absolute atomic E-state index is 0.0697. The molecule has 0 saturated carbocycles. The lowest BCUT2D eigenvalue weighted by molar-refractivity contribution is 0.373. The Morgan fingerprint density at radius 2 is 1.91 bits per heavy atom. The largest absolute Gasteiger partial charge is 0.504 e. The van der Waals surface area contributed by atoms with E-state index in [9.17, 15) is 5.11 Å². The van der Waals surface area contributed by atoms with Gasteiger partial charge in [-0.3, -0.25) is 0 Å². The molecule has 0 unspecified atom stereocenters. The predicted octanol–water partition coefficient (Wildman–Crippen LogP) is 5.23. The molecule has 0 bridgehead atoms. The summed E-state index contributed by atoms with van der Waals surface area (Å²) in [6, 6.07) is 18.9. The van der Waals surface area contributed by atoms with Crippen LogP contribution in [0.5, 0.6) is 11.5 Å². The maximum absolute atomic E-state index is 9.96. The highest BCUT2D eigenvalue weighted by atomic mass is 16.5. The summed E-state index contributed by atoms with van der Waals surface area (Å²) in [4.78, 5) is 7.75. The fourth-order valence-corrected chi connectivity index (χ4v) is 3.81. The molecule has 0 saturated heterocycles. The first-order valence-corrected chi connectivity index (χ1v) is 10.2. The topological polar surface area (TPSA) is 95.7 Å². The Kier molecular flexibility index (Phi) is 4.78. The van der Waals surface area contributed by atoms with Crippen LogP contribution in [0.25, 0.3) is 33.3 Å². The molecule has 0 aliphatic carbocycles. The third-order valence-electron chi connectivity index (χ3n) is 5.31. The molecule has 3 N–H and O–H groups in total. The number of phenols is 1. The van der Waals surface area contributed by atoms with Crippen molar-refractivity contribution >= 4 is 28.0 Å². The van der Waals surface area contributed by atoms with Gasteiger partial charge in [0.05, 0.1) is 23.5 Å². The van der Waals surface area contributed by atoms with Crippen molar-refractivity contribution in [3.05, 3.63) is 77.1 Å². The van der Waals surface area contributed by atoms with Crippen molar-refractivity contribution in [2.75, 3.05) is 12.5 Å². The van der Waals surface area contributed by atoms with E-state index in [2.05, 4.69) is 26.6 Å². The molecule has 160 valence electrons. The number of ether oxygens (including phenoxy) is 1. The molecular formula is C25H22N4O3. The van der Waals surface area contributed by atoms with Gasteiger partial charge in [0, 0.05) is 17.0 Å². The Morgan fingerprint density at radius 1 is 1.06 bits per heavy atom. The van der Waals surface area contributed by atoms with Gasteiger partial charge in [-0.05, 0) is 61.4 Å². The standard InChI is InChI=1S/C25H22N4O3/c1-14-10-15(2)24-17(11-14)20(28-29-25-26-18-6-4-5-7-19(18)27-25)13-22(32-24)16-8-9-21(30)23(12-16)31-3/h4-13,30H,1-3H3,(H2,26,27,29)/b28-20+. The van der Waals surface area contributed by atoms with Crippen LogP contribution in [0.15, 0.2) is 70.2 Å². The second-order valence-corrected chi connectivity index (χ2v) is 7.67. The number of aromatic nitrogens is 2. The van der Waals surface area contributed by atoms with E-state index in [4.69, 9.17) is 9.15 Å². The van der Waals surface area contributed by atoms with Crippen molar-refractivity contribution < 1.29 is 14.3 Å². The second kappa shape index (κ2) is 7.77. The molecule has 2 heterocycles. The zero-order valence-corrected chi connectivity index (χ0v) is 17.9. The van der Waals surface area contributed by atoms with E-state index in [1.54, 1.807) is 18.2 Å². The third-order valence-corrected chi connectivity index (χ3v) is 5.31. The summed E-state index contributed by atoms with van der Waals surface area (Å²) in [5, 5.41) is 16.2. The lowest BCUT2D eigenvalue weighted by Crippen LogP contribution is -2.09. The van der Waals surface area contributed by atoms with Gasteiger partial charge in [0.25, 0.3) is 0 Å². The number of rotatable bonds is 4. The molecule has 0 fully saturated rings. The normalized spacial score (nSPS) is 11.9. The first-order valence-electron chi connectivity index (χ1n) is 10.2. The SMILES string of the molecule is COc1cc(-c2c/c(=N\Nc3nc4ccccc4[nH]3)c3cc(C)cc(C)c3o2)ccc1O. The zero-order chi connectivity index (χ0) is 22.2. The number of nitrogens with zero attached hydrogens (tertiary/aromatic N) is 2. The molecule has 0 spiro atoms. The maximum atomic E-state index is 9.96. The van der Waals surface area contributed by atoms with Crippen LogP contribution in [0, 0.1) is 13.8 Å². The van der Waals surface area contributed by atoms with Gasteiger partial charge in [-0.15, -0.1) is 0 Å². The summed E-state index contributed by atoms with van der Waals surface area (Å²) in [6.45, 7) is 4.05. The Balaban J connectivity index is 1.68. The van der Waals surface area contributed by atoms with Gasteiger partial charge in [0.1, 0.15) is 11.3 Å². The first kappa shape index (κ1) is 19.7. The Bertz CT molecular complexity index is 1500. The van der Waals surface area contributed by atoms with E-state index < -0.39 is 0 Å². The Labute approximate surface area is 184 Å². The molecule has 2 aromatic heterocycles. The lowest BCUT2D eigenvalue weighted by atomic mass is 10.1. The summed E-state index contributed by atoms with van der Waals surface area (Å²) in [6.07, 6.45) is 0. The molecule has 7 heteroatoms. The highest BCUT2D eigenvalue weighted by Crippen LogP contribution is 2.32. The monoisotopic (exact) mass is 426 g/mol. The van der Waals surface area contributed by atoms with Crippen LogP contribution < -0.4 is 15.5 Å². The number of aromatic hydroxyl groups is 1. The van der Waals surface area contributed by atoms with Gasteiger partial charge < -0.3 is 19.2 Å². The molecule has 0 atom stereocenters. The summed E-state index contributed by atoms with van der Waals surface area (Å²) in [5.74, 6) is 1.60. The highest BCUT2D eigenvalue weighted by molar-refractivity contribution is 5.82. The average molecular weight is 426 g/mol. The number of hydrogen-bond donors (Lipinski definition) is 3. The molecule has 7 nitrogen and oxygen atoms in total. The van der Waals surface area contributed by atoms with Gasteiger partial charge >= 0.3 is 0 Å². The van der Waals surface area contributed by atoms with Crippen LogP contribution >= 0.6 is 0 Å². The molecule has 0 radical (unpaired) electrons. The van der Waals surface area contributed by atoms with E-state index in [-0.39, 0.29) is 5.75 Å². The first-order chi connectivity index (χ1) is 15.5.